The molecule has 1 aliphatic rings. The summed E-state index contributed by atoms with van der Waals surface area (Å²) in [7, 11) is 2.18. The van der Waals surface area contributed by atoms with Crippen molar-refractivity contribution in [3.8, 4) is 18.1 Å². The lowest BCUT2D eigenvalue weighted by molar-refractivity contribution is 0.154. The summed E-state index contributed by atoms with van der Waals surface area (Å²) in [6.07, 6.45) is 5.24. The fraction of sp³-hybridized carbons (Fsp3) is 0.529. The van der Waals surface area contributed by atoms with E-state index < -0.39 is 0 Å². The van der Waals surface area contributed by atoms with Crippen LogP contribution in [0, 0.1) is 12.3 Å². The van der Waals surface area contributed by atoms with E-state index in [1.807, 2.05) is 18.2 Å². The number of benzene rings is 1. The van der Waals surface area contributed by atoms with Gasteiger partial charge < -0.3 is 15.0 Å². The van der Waals surface area contributed by atoms with Crippen molar-refractivity contribution in [1.82, 2.24) is 15.1 Å². The number of ether oxygens (including phenoxy) is 1. The number of likely N-dealkylation sites (N-methyl/N-ethyl adjacent to an activating group) is 1. The first-order valence-corrected chi connectivity index (χ1v) is 7.55. The van der Waals surface area contributed by atoms with E-state index in [4.69, 9.17) is 11.2 Å². The van der Waals surface area contributed by atoms with Crippen LogP contribution in [0.15, 0.2) is 24.3 Å². The minimum atomic E-state index is 0.318. The third kappa shape index (κ3) is 5.39. The van der Waals surface area contributed by atoms with Gasteiger partial charge in [0.25, 0.3) is 0 Å². The topological polar surface area (TPSA) is 27.7 Å². The Morgan fingerprint density at radius 3 is 2.76 bits per heavy atom. The minimum absolute atomic E-state index is 0.318. The standard InChI is InChI=1S/C17H25N3O/c1-3-14-21-17-7-5-4-6-16(17)15-18-8-9-20-12-10-19(2)11-13-20/h1,4-7,18H,8-15H2,2H3. The van der Waals surface area contributed by atoms with E-state index in [9.17, 15) is 0 Å². The smallest absolute Gasteiger partial charge is 0.148 e. The summed E-state index contributed by atoms with van der Waals surface area (Å²) < 4.78 is 5.55. The second-order valence-corrected chi connectivity index (χ2v) is 5.42. The van der Waals surface area contributed by atoms with Crippen molar-refractivity contribution in [2.75, 3.05) is 52.9 Å². The van der Waals surface area contributed by atoms with E-state index in [1.54, 1.807) is 0 Å². The maximum absolute atomic E-state index is 5.55. The van der Waals surface area contributed by atoms with Crippen LogP contribution in [-0.2, 0) is 6.54 Å². The molecule has 0 bridgehead atoms. The number of nitrogens with zero attached hydrogens (tertiary/aromatic N) is 2. The quantitative estimate of drug-likeness (QED) is 0.599. The first kappa shape index (κ1) is 15.8. The molecule has 114 valence electrons. The summed E-state index contributed by atoms with van der Waals surface area (Å²) >= 11 is 0. The molecule has 4 heteroatoms. The highest BCUT2D eigenvalue weighted by molar-refractivity contribution is 5.33. The Kier molecular flexibility index (Phi) is 6.55. The van der Waals surface area contributed by atoms with Crippen LogP contribution in [-0.4, -0.2) is 62.7 Å². The second-order valence-electron chi connectivity index (χ2n) is 5.42. The van der Waals surface area contributed by atoms with Crippen molar-refractivity contribution in [2.24, 2.45) is 0 Å². The summed E-state index contributed by atoms with van der Waals surface area (Å²) in [5, 5.41) is 3.49. The molecule has 1 aromatic rings. The van der Waals surface area contributed by atoms with Gasteiger partial charge in [-0.2, -0.15) is 0 Å². The van der Waals surface area contributed by atoms with Gasteiger partial charge in [0, 0.05) is 51.4 Å². The first-order chi connectivity index (χ1) is 10.3. The molecule has 0 aliphatic carbocycles. The Morgan fingerprint density at radius 1 is 1.24 bits per heavy atom. The molecule has 0 amide bonds. The number of rotatable bonds is 7. The van der Waals surface area contributed by atoms with Crippen molar-refractivity contribution < 1.29 is 4.74 Å². The molecule has 1 heterocycles. The van der Waals surface area contributed by atoms with Gasteiger partial charge in [-0.1, -0.05) is 24.1 Å². The third-order valence-corrected chi connectivity index (χ3v) is 3.80. The van der Waals surface area contributed by atoms with Crippen LogP contribution in [0.2, 0.25) is 0 Å². The highest BCUT2D eigenvalue weighted by Crippen LogP contribution is 2.17. The number of hydrogen-bond acceptors (Lipinski definition) is 4. The summed E-state index contributed by atoms with van der Waals surface area (Å²) in [5.41, 5.74) is 1.16. The fourth-order valence-corrected chi connectivity index (χ4v) is 2.44. The highest BCUT2D eigenvalue weighted by Gasteiger charge is 2.12. The molecule has 1 aromatic carbocycles. The maximum Gasteiger partial charge on any atom is 0.148 e. The largest absolute Gasteiger partial charge is 0.481 e. The molecule has 1 N–H and O–H groups in total. The monoisotopic (exact) mass is 287 g/mol. The number of piperazine rings is 1. The fourth-order valence-electron chi connectivity index (χ4n) is 2.44. The zero-order valence-electron chi connectivity index (χ0n) is 12.8. The van der Waals surface area contributed by atoms with Gasteiger partial charge in [-0.25, -0.2) is 0 Å². The lowest BCUT2D eigenvalue weighted by Crippen LogP contribution is -2.46. The zero-order chi connectivity index (χ0) is 14.9. The lowest BCUT2D eigenvalue weighted by atomic mass is 10.2. The molecule has 0 aromatic heterocycles. The Hall–Kier alpha value is -1.54. The van der Waals surface area contributed by atoms with Gasteiger partial charge in [-0.15, -0.1) is 6.42 Å². The van der Waals surface area contributed by atoms with E-state index in [0.717, 1.165) is 30.9 Å². The summed E-state index contributed by atoms with van der Waals surface area (Å²) in [5.74, 6) is 3.38. The van der Waals surface area contributed by atoms with Crippen LogP contribution in [0.25, 0.3) is 0 Å². The highest BCUT2D eigenvalue weighted by atomic mass is 16.5. The molecule has 1 saturated heterocycles. The normalized spacial score (nSPS) is 16.6. The van der Waals surface area contributed by atoms with E-state index in [2.05, 4.69) is 34.2 Å². The van der Waals surface area contributed by atoms with Gasteiger partial charge in [-0.3, -0.25) is 4.90 Å². The van der Waals surface area contributed by atoms with Crippen LogP contribution in [0.5, 0.6) is 5.75 Å². The van der Waals surface area contributed by atoms with E-state index >= 15 is 0 Å². The number of terminal acetylenes is 1. The molecule has 0 spiro atoms. The summed E-state index contributed by atoms with van der Waals surface area (Å²) in [4.78, 5) is 4.89. The molecule has 2 rings (SSSR count). The van der Waals surface area contributed by atoms with Gasteiger partial charge in [0.1, 0.15) is 12.4 Å². The minimum Gasteiger partial charge on any atom is -0.481 e. The van der Waals surface area contributed by atoms with Crippen molar-refractivity contribution >= 4 is 0 Å². The molecule has 0 saturated carbocycles. The molecule has 1 aliphatic heterocycles. The molecule has 4 nitrogen and oxygen atoms in total. The van der Waals surface area contributed by atoms with Gasteiger partial charge in [0.05, 0.1) is 0 Å². The Bertz CT molecular complexity index is 461. The zero-order valence-corrected chi connectivity index (χ0v) is 12.8. The van der Waals surface area contributed by atoms with Crippen LogP contribution >= 0.6 is 0 Å². The SMILES string of the molecule is C#CCOc1ccccc1CNCCN1CCN(C)CC1. The molecular formula is C17H25N3O. The van der Waals surface area contributed by atoms with E-state index in [0.29, 0.717) is 6.61 Å². The first-order valence-electron chi connectivity index (χ1n) is 7.55. The van der Waals surface area contributed by atoms with Gasteiger partial charge in [0.15, 0.2) is 0 Å². The maximum atomic E-state index is 5.55. The molecular weight excluding hydrogens is 262 g/mol. The van der Waals surface area contributed by atoms with Crippen molar-refractivity contribution in [1.29, 1.82) is 0 Å². The third-order valence-electron chi connectivity index (χ3n) is 3.80. The Labute approximate surface area is 128 Å². The molecule has 0 atom stereocenters. The molecule has 0 unspecified atom stereocenters. The summed E-state index contributed by atoms with van der Waals surface area (Å²) in [6, 6.07) is 8.04. The van der Waals surface area contributed by atoms with Crippen molar-refractivity contribution in [3.05, 3.63) is 29.8 Å². The molecule has 1 fully saturated rings. The van der Waals surface area contributed by atoms with Gasteiger partial charge in [0.2, 0.25) is 0 Å². The molecule has 0 radical (unpaired) electrons. The van der Waals surface area contributed by atoms with E-state index in [1.165, 1.54) is 26.2 Å². The second kappa shape index (κ2) is 8.68. The number of nitrogens with one attached hydrogen (secondary N) is 1. The predicted octanol–water partition coefficient (Wildman–Crippen LogP) is 1.04. The molecule has 21 heavy (non-hydrogen) atoms. The van der Waals surface area contributed by atoms with Gasteiger partial charge >= 0.3 is 0 Å². The van der Waals surface area contributed by atoms with Crippen LogP contribution in [0.1, 0.15) is 5.56 Å². The summed E-state index contributed by atoms with van der Waals surface area (Å²) in [6.45, 7) is 7.90. The van der Waals surface area contributed by atoms with Crippen molar-refractivity contribution in [2.45, 2.75) is 6.54 Å². The predicted molar refractivity (Wildman–Crippen MR) is 86.4 cm³/mol. The number of hydrogen-bond donors (Lipinski definition) is 1. The lowest BCUT2D eigenvalue weighted by Gasteiger charge is -2.32. The van der Waals surface area contributed by atoms with E-state index in [-0.39, 0.29) is 0 Å². The Balaban J connectivity index is 1.70. The number of para-hydroxylation sites is 1. The Morgan fingerprint density at radius 2 is 2.00 bits per heavy atom. The van der Waals surface area contributed by atoms with Crippen LogP contribution in [0.4, 0.5) is 0 Å². The average Bonchev–Trinajstić information content (AvgIpc) is 2.52. The average molecular weight is 287 g/mol. The van der Waals surface area contributed by atoms with Gasteiger partial charge in [-0.05, 0) is 13.1 Å². The van der Waals surface area contributed by atoms with Crippen LogP contribution in [0.3, 0.4) is 0 Å². The van der Waals surface area contributed by atoms with Crippen LogP contribution < -0.4 is 10.1 Å². The van der Waals surface area contributed by atoms with Crippen molar-refractivity contribution in [3.63, 3.8) is 0 Å².